The SMILES string of the molecule is CCC(CO)N1CCN(Cc2ccc(COC)o2)CC1. The Kier molecular flexibility index (Phi) is 6.04. The zero-order valence-corrected chi connectivity index (χ0v) is 12.5. The van der Waals surface area contributed by atoms with E-state index >= 15 is 0 Å². The number of ether oxygens (including phenoxy) is 1. The van der Waals surface area contributed by atoms with Crippen LogP contribution in [0.15, 0.2) is 16.5 Å². The molecule has 114 valence electrons. The lowest BCUT2D eigenvalue weighted by Gasteiger charge is -2.38. The van der Waals surface area contributed by atoms with E-state index < -0.39 is 0 Å². The first-order valence-electron chi connectivity index (χ1n) is 7.40. The van der Waals surface area contributed by atoms with Crippen LogP contribution in [0.1, 0.15) is 24.9 Å². The summed E-state index contributed by atoms with van der Waals surface area (Å²) in [6, 6.07) is 4.33. The molecule has 0 aromatic carbocycles. The zero-order valence-electron chi connectivity index (χ0n) is 12.5. The van der Waals surface area contributed by atoms with Gasteiger partial charge in [0.25, 0.3) is 0 Å². The number of aliphatic hydroxyl groups excluding tert-OH is 1. The second kappa shape index (κ2) is 7.78. The van der Waals surface area contributed by atoms with Crippen molar-refractivity contribution in [1.29, 1.82) is 0 Å². The summed E-state index contributed by atoms with van der Waals surface area (Å²) in [5.74, 6) is 1.88. The minimum atomic E-state index is 0.259. The van der Waals surface area contributed by atoms with Crippen LogP contribution < -0.4 is 0 Å². The van der Waals surface area contributed by atoms with Crippen molar-refractivity contribution in [3.05, 3.63) is 23.7 Å². The van der Waals surface area contributed by atoms with Crippen LogP contribution >= 0.6 is 0 Å². The highest BCUT2D eigenvalue weighted by atomic mass is 16.5. The molecule has 1 aliphatic heterocycles. The maximum Gasteiger partial charge on any atom is 0.129 e. The molecule has 0 amide bonds. The van der Waals surface area contributed by atoms with Gasteiger partial charge in [-0.3, -0.25) is 9.80 Å². The first kappa shape index (κ1) is 15.5. The van der Waals surface area contributed by atoms with Crippen LogP contribution in [-0.4, -0.2) is 60.8 Å². The topological polar surface area (TPSA) is 49.1 Å². The Morgan fingerprint density at radius 3 is 2.55 bits per heavy atom. The first-order valence-corrected chi connectivity index (χ1v) is 7.40. The Labute approximate surface area is 121 Å². The van der Waals surface area contributed by atoms with Gasteiger partial charge in [-0.25, -0.2) is 0 Å². The second-order valence-electron chi connectivity index (χ2n) is 5.36. The van der Waals surface area contributed by atoms with Gasteiger partial charge < -0.3 is 14.3 Å². The molecule has 5 heteroatoms. The Morgan fingerprint density at radius 2 is 1.95 bits per heavy atom. The summed E-state index contributed by atoms with van der Waals surface area (Å²) in [6.07, 6.45) is 1.01. The van der Waals surface area contributed by atoms with E-state index in [-0.39, 0.29) is 6.61 Å². The minimum absolute atomic E-state index is 0.259. The predicted octanol–water partition coefficient (Wildman–Crippen LogP) is 1.31. The van der Waals surface area contributed by atoms with Crippen LogP contribution in [0.25, 0.3) is 0 Å². The van der Waals surface area contributed by atoms with Gasteiger partial charge in [0.05, 0.1) is 13.2 Å². The molecule has 20 heavy (non-hydrogen) atoms. The number of furan rings is 1. The van der Waals surface area contributed by atoms with Gasteiger partial charge in [-0.05, 0) is 18.6 Å². The Bertz CT molecular complexity index is 382. The van der Waals surface area contributed by atoms with E-state index in [9.17, 15) is 5.11 Å². The average Bonchev–Trinajstić information content (AvgIpc) is 2.90. The maximum atomic E-state index is 9.35. The normalized spacial score (nSPS) is 19.4. The van der Waals surface area contributed by atoms with Crippen LogP contribution in [0.5, 0.6) is 0 Å². The van der Waals surface area contributed by atoms with E-state index in [0.29, 0.717) is 12.6 Å². The Morgan fingerprint density at radius 1 is 1.25 bits per heavy atom. The van der Waals surface area contributed by atoms with E-state index in [1.54, 1.807) is 7.11 Å². The molecule has 1 aromatic heterocycles. The number of aliphatic hydroxyl groups is 1. The molecule has 1 unspecified atom stereocenters. The molecule has 0 spiro atoms. The van der Waals surface area contributed by atoms with Gasteiger partial charge in [0.15, 0.2) is 0 Å². The molecule has 1 fully saturated rings. The van der Waals surface area contributed by atoms with Crippen LogP contribution in [-0.2, 0) is 17.9 Å². The van der Waals surface area contributed by atoms with Gasteiger partial charge in [0, 0.05) is 39.3 Å². The van der Waals surface area contributed by atoms with Crippen molar-refractivity contribution in [2.45, 2.75) is 32.5 Å². The Hall–Kier alpha value is -0.880. The second-order valence-corrected chi connectivity index (χ2v) is 5.36. The summed E-state index contributed by atoms with van der Waals surface area (Å²) in [7, 11) is 1.67. The molecular formula is C15H26N2O3. The summed E-state index contributed by atoms with van der Waals surface area (Å²) in [5, 5.41) is 9.35. The fourth-order valence-electron chi connectivity index (χ4n) is 2.74. The minimum Gasteiger partial charge on any atom is -0.462 e. The third-order valence-corrected chi connectivity index (χ3v) is 3.99. The van der Waals surface area contributed by atoms with Gasteiger partial charge in [-0.2, -0.15) is 0 Å². The molecule has 1 N–H and O–H groups in total. The van der Waals surface area contributed by atoms with Gasteiger partial charge >= 0.3 is 0 Å². The van der Waals surface area contributed by atoms with E-state index in [2.05, 4.69) is 16.7 Å². The molecule has 0 bridgehead atoms. The molecule has 1 aromatic rings. The van der Waals surface area contributed by atoms with Crippen molar-refractivity contribution in [3.63, 3.8) is 0 Å². The van der Waals surface area contributed by atoms with Crippen LogP contribution in [0, 0.1) is 0 Å². The van der Waals surface area contributed by atoms with Crippen molar-refractivity contribution >= 4 is 0 Å². The lowest BCUT2D eigenvalue weighted by Crippen LogP contribution is -2.50. The lowest BCUT2D eigenvalue weighted by atomic mass is 10.1. The fourth-order valence-corrected chi connectivity index (χ4v) is 2.74. The third kappa shape index (κ3) is 4.06. The number of rotatable bonds is 7. The quantitative estimate of drug-likeness (QED) is 0.817. The molecule has 1 aliphatic rings. The average molecular weight is 282 g/mol. The van der Waals surface area contributed by atoms with E-state index in [4.69, 9.17) is 9.15 Å². The predicted molar refractivity (Wildman–Crippen MR) is 77.4 cm³/mol. The van der Waals surface area contributed by atoms with Gasteiger partial charge in [-0.1, -0.05) is 6.92 Å². The summed E-state index contributed by atoms with van der Waals surface area (Å²) in [5.41, 5.74) is 0. The van der Waals surface area contributed by atoms with Gasteiger partial charge in [0.2, 0.25) is 0 Å². The summed E-state index contributed by atoms with van der Waals surface area (Å²) in [4.78, 5) is 4.78. The highest BCUT2D eigenvalue weighted by molar-refractivity contribution is 5.06. The number of nitrogens with zero attached hydrogens (tertiary/aromatic N) is 2. The zero-order chi connectivity index (χ0) is 14.4. The standard InChI is InChI=1S/C15H26N2O3/c1-3-13(11-18)17-8-6-16(7-9-17)10-14-4-5-15(20-14)12-19-2/h4-5,13,18H,3,6-12H2,1-2H3. The highest BCUT2D eigenvalue weighted by Gasteiger charge is 2.22. The fraction of sp³-hybridized carbons (Fsp3) is 0.733. The van der Waals surface area contributed by atoms with Crippen molar-refractivity contribution in [1.82, 2.24) is 9.80 Å². The maximum absolute atomic E-state index is 9.35. The summed E-state index contributed by atoms with van der Waals surface area (Å²) >= 11 is 0. The summed E-state index contributed by atoms with van der Waals surface area (Å²) < 4.78 is 10.8. The molecule has 2 rings (SSSR count). The largest absolute Gasteiger partial charge is 0.462 e. The van der Waals surface area contributed by atoms with E-state index in [0.717, 1.165) is 50.7 Å². The van der Waals surface area contributed by atoms with Gasteiger partial charge in [-0.15, -0.1) is 0 Å². The molecule has 5 nitrogen and oxygen atoms in total. The van der Waals surface area contributed by atoms with Crippen molar-refractivity contribution < 1.29 is 14.3 Å². The van der Waals surface area contributed by atoms with Crippen LogP contribution in [0.4, 0.5) is 0 Å². The van der Waals surface area contributed by atoms with Crippen molar-refractivity contribution in [2.75, 3.05) is 39.9 Å². The smallest absolute Gasteiger partial charge is 0.129 e. The van der Waals surface area contributed by atoms with E-state index in [1.165, 1.54) is 0 Å². The lowest BCUT2D eigenvalue weighted by molar-refractivity contribution is 0.0577. The molecular weight excluding hydrogens is 256 g/mol. The first-order chi connectivity index (χ1) is 9.76. The molecule has 0 saturated carbocycles. The summed E-state index contributed by atoms with van der Waals surface area (Å²) in [6.45, 7) is 7.86. The van der Waals surface area contributed by atoms with Crippen molar-refractivity contribution in [2.24, 2.45) is 0 Å². The van der Waals surface area contributed by atoms with Crippen molar-refractivity contribution in [3.8, 4) is 0 Å². The highest BCUT2D eigenvalue weighted by Crippen LogP contribution is 2.14. The van der Waals surface area contributed by atoms with E-state index in [1.807, 2.05) is 12.1 Å². The molecule has 0 radical (unpaired) electrons. The van der Waals surface area contributed by atoms with Crippen LogP contribution in [0.3, 0.4) is 0 Å². The van der Waals surface area contributed by atoms with Crippen LogP contribution in [0.2, 0.25) is 0 Å². The molecule has 2 heterocycles. The number of hydrogen-bond acceptors (Lipinski definition) is 5. The number of piperazine rings is 1. The molecule has 1 saturated heterocycles. The molecule has 0 aliphatic carbocycles. The Balaban J connectivity index is 1.78. The third-order valence-electron chi connectivity index (χ3n) is 3.99. The molecule has 1 atom stereocenters. The monoisotopic (exact) mass is 282 g/mol. The number of methoxy groups -OCH3 is 1. The van der Waals surface area contributed by atoms with Gasteiger partial charge in [0.1, 0.15) is 18.1 Å². The number of hydrogen-bond donors (Lipinski definition) is 1.